The van der Waals surface area contributed by atoms with Crippen molar-refractivity contribution in [2.75, 3.05) is 14.2 Å². The maximum Gasteiger partial charge on any atom is 0.244 e. The van der Waals surface area contributed by atoms with Crippen LogP contribution in [-0.2, 0) is 11.3 Å². The molecule has 2 aromatic rings. The van der Waals surface area contributed by atoms with Crippen molar-refractivity contribution in [3.05, 3.63) is 45.7 Å². The molecule has 7 heteroatoms. The van der Waals surface area contributed by atoms with Crippen LogP contribution in [0.5, 0.6) is 5.75 Å². The fourth-order valence-electron chi connectivity index (χ4n) is 2.58. The maximum atomic E-state index is 12.6. The topological polar surface area (TPSA) is 84.2 Å². The standard InChI is InChI=1S/C16H21ClN4O2/c1-9-14(10(2)20-19-9)15(18)16(22)21(3)8-11-7-12(17)5-6-13(11)23-4/h5-7,15H,8,18H2,1-4H3,(H,19,20)/t15-/m1/s1. The molecule has 1 aromatic heterocycles. The fraction of sp³-hybridized carbons (Fsp3) is 0.375. The number of benzene rings is 1. The minimum Gasteiger partial charge on any atom is -0.496 e. The van der Waals surface area contributed by atoms with Crippen LogP contribution in [0.4, 0.5) is 0 Å². The zero-order valence-corrected chi connectivity index (χ0v) is 14.4. The molecule has 0 fully saturated rings. The average molecular weight is 337 g/mol. The van der Waals surface area contributed by atoms with E-state index in [4.69, 9.17) is 22.1 Å². The molecule has 0 saturated carbocycles. The van der Waals surface area contributed by atoms with Gasteiger partial charge in [0.1, 0.15) is 11.8 Å². The minimum absolute atomic E-state index is 0.195. The van der Waals surface area contributed by atoms with Gasteiger partial charge in [0, 0.05) is 35.4 Å². The van der Waals surface area contributed by atoms with Crippen molar-refractivity contribution in [1.29, 1.82) is 0 Å². The van der Waals surface area contributed by atoms with E-state index in [2.05, 4.69) is 10.2 Å². The summed E-state index contributed by atoms with van der Waals surface area (Å²) in [6, 6.07) is 4.55. The summed E-state index contributed by atoms with van der Waals surface area (Å²) >= 11 is 6.03. The van der Waals surface area contributed by atoms with E-state index in [-0.39, 0.29) is 5.91 Å². The number of likely N-dealkylation sites (N-methyl/N-ethyl adjacent to an activating group) is 1. The van der Waals surface area contributed by atoms with Crippen molar-refractivity contribution in [3.63, 3.8) is 0 Å². The molecule has 1 amide bonds. The van der Waals surface area contributed by atoms with E-state index < -0.39 is 6.04 Å². The Labute approximate surface area is 140 Å². The Hall–Kier alpha value is -2.05. The first-order valence-corrected chi connectivity index (χ1v) is 7.57. The SMILES string of the molecule is COc1ccc(Cl)cc1CN(C)C(=O)[C@H](N)c1c(C)n[nH]c1C. The molecule has 2 rings (SSSR count). The number of methoxy groups -OCH3 is 1. The van der Waals surface area contributed by atoms with Gasteiger partial charge in [0.25, 0.3) is 0 Å². The Morgan fingerprint density at radius 2 is 2.17 bits per heavy atom. The number of hydrogen-bond acceptors (Lipinski definition) is 4. The van der Waals surface area contributed by atoms with Gasteiger partial charge in [-0.15, -0.1) is 0 Å². The molecule has 23 heavy (non-hydrogen) atoms. The van der Waals surface area contributed by atoms with Gasteiger partial charge in [0.2, 0.25) is 5.91 Å². The summed E-state index contributed by atoms with van der Waals surface area (Å²) < 4.78 is 5.31. The molecule has 6 nitrogen and oxygen atoms in total. The predicted molar refractivity (Wildman–Crippen MR) is 89.5 cm³/mol. The lowest BCUT2D eigenvalue weighted by Crippen LogP contribution is -2.36. The molecular formula is C16H21ClN4O2. The number of amides is 1. The molecule has 0 radical (unpaired) electrons. The second-order valence-corrected chi connectivity index (χ2v) is 5.91. The van der Waals surface area contributed by atoms with Crippen LogP contribution in [0.3, 0.4) is 0 Å². The van der Waals surface area contributed by atoms with Crippen LogP contribution in [0, 0.1) is 13.8 Å². The Bertz CT molecular complexity index is 695. The van der Waals surface area contributed by atoms with Crippen LogP contribution in [0.25, 0.3) is 0 Å². The molecule has 0 bridgehead atoms. The van der Waals surface area contributed by atoms with E-state index in [0.717, 1.165) is 22.5 Å². The normalized spacial score (nSPS) is 12.1. The van der Waals surface area contributed by atoms with Gasteiger partial charge in [-0.05, 0) is 32.0 Å². The highest BCUT2D eigenvalue weighted by molar-refractivity contribution is 6.30. The number of halogens is 1. The van der Waals surface area contributed by atoms with Crippen molar-refractivity contribution in [2.45, 2.75) is 26.4 Å². The van der Waals surface area contributed by atoms with Crippen molar-refractivity contribution in [1.82, 2.24) is 15.1 Å². The molecule has 0 spiro atoms. The van der Waals surface area contributed by atoms with Crippen LogP contribution in [0.1, 0.15) is 28.6 Å². The lowest BCUT2D eigenvalue weighted by atomic mass is 10.0. The van der Waals surface area contributed by atoms with E-state index in [1.54, 1.807) is 37.3 Å². The van der Waals surface area contributed by atoms with Gasteiger partial charge in [0.15, 0.2) is 0 Å². The van der Waals surface area contributed by atoms with Gasteiger partial charge in [-0.25, -0.2) is 0 Å². The van der Waals surface area contributed by atoms with Crippen molar-refractivity contribution in [3.8, 4) is 5.75 Å². The second kappa shape index (κ2) is 7.02. The van der Waals surface area contributed by atoms with E-state index in [1.807, 2.05) is 13.8 Å². The van der Waals surface area contributed by atoms with Gasteiger partial charge >= 0.3 is 0 Å². The summed E-state index contributed by atoms with van der Waals surface area (Å²) in [5, 5.41) is 7.53. The smallest absolute Gasteiger partial charge is 0.244 e. The van der Waals surface area contributed by atoms with Gasteiger partial charge in [-0.2, -0.15) is 5.10 Å². The monoisotopic (exact) mass is 336 g/mol. The summed E-state index contributed by atoms with van der Waals surface area (Å²) in [5.41, 5.74) is 9.23. The Morgan fingerprint density at radius 3 is 2.74 bits per heavy atom. The number of nitrogens with one attached hydrogen (secondary N) is 1. The lowest BCUT2D eigenvalue weighted by Gasteiger charge is -2.22. The highest BCUT2D eigenvalue weighted by Gasteiger charge is 2.25. The Morgan fingerprint density at radius 1 is 1.48 bits per heavy atom. The van der Waals surface area contributed by atoms with Crippen LogP contribution in [0.2, 0.25) is 5.02 Å². The van der Waals surface area contributed by atoms with E-state index >= 15 is 0 Å². The molecule has 1 heterocycles. The fourth-order valence-corrected chi connectivity index (χ4v) is 2.78. The summed E-state index contributed by atoms with van der Waals surface area (Å²) in [4.78, 5) is 14.2. The molecular weight excluding hydrogens is 316 g/mol. The molecule has 1 aromatic carbocycles. The number of nitrogens with zero attached hydrogens (tertiary/aromatic N) is 2. The first kappa shape index (κ1) is 17.3. The number of rotatable bonds is 5. The Balaban J connectivity index is 2.19. The summed E-state index contributed by atoms with van der Waals surface area (Å²) in [6.07, 6.45) is 0. The number of carbonyl (C=O) groups excluding carboxylic acids is 1. The quantitative estimate of drug-likeness (QED) is 0.877. The van der Waals surface area contributed by atoms with Gasteiger partial charge in [0.05, 0.1) is 12.8 Å². The average Bonchev–Trinajstić information content (AvgIpc) is 2.85. The van der Waals surface area contributed by atoms with Gasteiger partial charge < -0.3 is 15.4 Å². The molecule has 0 unspecified atom stereocenters. The molecule has 0 saturated heterocycles. The Kier molecular flexibility index (Phi) is 5.28. The number of aromatic nitrogens is 2. The number of ether oxygens (including phenoxy) is 1. The second-order valence-electron chi connectivity index (χ2n) is 5.48. The molecule has 3 N–H and O–H groups in total. The molecule has 1 atom stereocenters. The largest absolute Gasteiger partial charge is 0.496 e. The van der Waals surface area contributed by atoms with Gasteiger partial charge in [-0.3, -0.25) is 9.89 Å². The van der Waals surface area contributed by atoms with Gasteiger partial charge in [-0.1, -0.05) is 11.6 Å². The van der Waals surface area contributed by atoms with Crippen LogP contribution in [-0.4, -0.2) is 35.2 Å². The number of hydrogen-bond donors (Lipinski definition) is 2. The highest BCUT2D eigenvalue weighted by Crippen LogP contribution is 2.25. The van der Waals surface area contributed by atoms with Crippen LogP contribution >= 0.6 is 11.6 Å². The van der Waals surface area contributed by atoms with E-state index in [1.165, 1.54) is 0 Å². The number of H-pyrrole nitrogens is 1. The van der Waals surface area contributed by atoms with E-state index in [0.29, 0.717) is 17.3 Å². The molecule has 0 aliphatic carbocycles. The summed E-state index contributed by atoms with van der Waals surface area (Å²) in [5.74, 6) is 0.484. The predicted octanol–water partition coefficient (Wildman–Crippen LogP) is 2.35. The number of aromatic amines is 1. The first-order valence-electron chi connectivity index (χ1n) is 7.19. The van der Waals surface area contributed by atoms with Crippen molar-refractivity contribution >= 4 is 17.5 Å². The third kappa shape index (κ3) is 3.65. The first-order chi connectivity index (χ1) is 10.8. The number of aryl methyl sites for hydroxylation is 2. The zero-order chi connectivity index (χ0) is 17.1. The third-order valence-electron chi connectivity index (χ3n) is 3.79. The highest BCUT2D eigenvalue weighted by atomic mass is 35.5. The summed E-state index contributed by atoms with van der Waals surface area (Å²) in [7, 11) is 3.28. The summed E-state index contributed by atoms with van der Waals surface area (Å²) in [6.45, 7) is 4.03. The van der Waals surface area contributed by atoms with Crippen molar-refractivity contribution in [2.24, 2.45) is 5.73 Å². The maximum absolute atomic E-state index is 12.6. The van der Waals surface area contributed by atoms with Crippen molar-refractivity contribution < 1.29 is 9.53 Å². The molecule has 124 valence electrons. The number of nitrogens with two attached hydrogens (primary N) is 1. The molecule has 0 aliphatic rings. The third-order valence-corrected chi connectivity index (χ3v) is 4.02. The van der Waals surface area contributed by atoms with Crippen LogP contribution in [0.15, 0.2) is 18.2 Å². The van der Waals surface area contributed by atoms with Crippen LogP contribution < -0.4 is 10.5 Å². The van der Waals surface area contributed by atoms with E-state index in [9.17, 15) is 4.79 Å². The zero-order valence-electron chi connectivity index (χ0n) is 13.7. The number of carbonyl (C=O) groups is 1. The lowest BCUT2D eigenvalue weighted by molar-refractivity contribution is -0.132. The molecule has 0 aliphatic heterocycles. The minimum atomic E-state index is -0.760.